The molecule has 0 spiro atoms. The van der Waals surface area contributed by atoms with Crippen molar-refractivity contribution in [1.29, 1.82) is 0 Å². The highest BCUT2D eigenvalue weighted by atomic mass is 16.1. The summed E-state index contributed by atoms with van der Waals surface area (Å²) >= 11 is 0. The summed E-state index contributed by atoms with van der Waals surface area (Å²) in [5.74, 6) is 4.31. The lowest BCUT2D eigenvalue weighted by atomic mass is 10.2. The van der Waals surface area contributed by atoms with E-state index in [0.717, 1.165) is 17.7 Å². The third-order valence-corrected chi connectivity index (χ3v) is 1.51. The number of nitrogens with two attached hydrogens (primary N) is 1. The van der Waals surface area contributed by atoms with E-state index in [9.17, 15) is 4.79 Å². The maximum atomic E-state index is 10.4. The van der Waals surface area contributed by atoms with Gasteiger partial charge in [0.25, 0.3) is 5.91 Å². The number of rotatable bonds is 1. The van der Waals surface area contributed by atoms with Gasteiger partial charge < -0.3 is 5.73 Å². The van der Waals surface area contributed by atoms with Crippen molar-refractivity contribution in [2.24, 2.45) is 5.73 Å². The van der Waals surface area contributed by atoms with Gasteiger partial charge in [-0.1, -0.05) is 12.8 Å². The van der Waals surface area contributed by atoms with Crippen LogP contribution < -0.4 is 5.73 Å². The van der Waals surface area contributed by atoms with E-state index in [4.69, 9.17) is 5.73 Å². The fourth-order valence-electron chi connectivity index (χ4n) is 0.883. The average molecular weight is 174 g/mol. The van der Waals surface area contributed by atoms with Crippen molar-refractivity contribution in [1.82, 2.24) is 4.98 Å². The quantitative estimate of drug-likeness (QED) is 0.629. The molecule has 0 aliphatic rings. The number of carbonyl (C=O) groups excluding carboxylic acids is 1. The second-order valence-corrected chi connectivity index (χ2v) is 2.50. The van der Waals surface area contributed by atoms with Gasteiger partial charge in [-0.15, -0.1) is 0 Å². The lowest BCUT2D eigenvalue weighted by Gasteiger charge is -1.94. The molecule has 3 heteroatoms. The maximum Gasteiger partial charge on any atom is 0.293 e. The summed E-state index contributed by atoms with van der Waals surface area (Å²) in [6.45, 7) is 2.01. The molecule has 0 bridgehead atoms. The van der Waals surface area contributed by atoms with Crippen LogP contribution in [0.15, 0.2) is 18.3 Å². The molecule has 1 aromatic heterocycles. The molecule has 1 aromatic rings. The Morgan fingerprint density at radius 3 is 3.08 bits per heavy atom. The van der Waals surface area contributed by atoms with Crippen molar-refractivity contribution < 1.29 is 4.79 Å². The maximum absolute atomic E-state index is 10.4. The Kier molecular flexibility index (Phi) is 3.04. The Hall–Kier alpha value is -1.82. The largest absolute Gasteiger partial charge is 0.359 e. The SMILES string of the molecule is CCc1cc(C#CC(N)=O)ccn1. The van der Waals surface area contributed by atoms with Crippen molar-refractivity contribution >= 4 is 5.91 Å². The molecule has 0 saturated carbocycles. The minimum Gasteiger partial charge on any atom is -0.359 e. The smallest absolute Gasteiger partial charge is 0.293 e. The molecule has 3 nitrogen and oxygen atoms in total. The lowest BCUT2D eigenvalue weighted by molar-refractivity contribution is -0.112. The van der Waals surface area contributed by atoms with Crippen molar-refractivity contribution in [3.63, 3.8) is 0 Å². The van der Waals surface area contributed by atoms with E-state index < -0.39 is 5.91 Å². The number of carbonyl (C=O) groups is 1. The molecule has 13 heavy (non-hydrogen) atoms. The summed E-state index contributed by atoms with van der Waals surface area (Å²) < 4.78 is 0. The number of primary amides is 1. The Bertz CT molecular complexity index is 374. The Labute approximate surface area is 77.0 Å². The van der Waals surface area contributed by atoms with E-state index in [2.05, 4.69) is 16.8 Å². The van der Waals surface area contributed by atoms with E-state index in [1.807, 2.05) is 13.0 Å². The summed E-state index contributed by atoms with van der Waals surface area (Å²) in [6.07, 6.45) is 2.52. The van der Waals surface area contributed by atoms with Crippen LogP contribution in [0.4, 0.5) is 0 Å². The first-order valence-corrected chi connectivity index (χ1v) is 3.98. The number of aryl methyl sites for hydroxylation is 1. The highest BCUT2D eigenvalue weighted by Crippen LogP contribution is 2.00. The number of amides is 1. The van der Waals surface area contributed by atoms with Crippen LogP contribution in [0.1, 0.15) is 18.2 Å². The van der Waals surface area contributed by atoms with Crippen molar-refractivity contribution in [2.45, 2.75) is 13.3 Å². The fraction of sp³-hybridized carbons (Fsp3) is 0.200. The van der Waals surface area contributed by atoms with E-state index in [-0.39, 0.29) is 0 Å². The van der Waals surface area contributed by atoms with Crippen LogP contribution >= 0.6 is 0 Å². The minimum atomic E-state index is -0.616. The number of hydrogen-bond acceptors (Lipinski definition) is 2. The van der Waals surface area contributed by atoms with Crippen LogP contribution in [-0.2, 0) is 11.2 Å². The van der Waals surface area contributed by atoms with E-state index in [1.54, 1.807) is 12.3 Å². The molecule has 0 fully saturated rings. The first-order chi connectivity index (χ1) is 6.22. The van der Waals surface area contributed by atoms with Gasteiger partial charge in [0.05, 0.1) is 0 Å². The topological polar surface area (TPSA) is 56.0 Å². The molecule has 0 aliphatic heterocycles. The van der Waals surface area contributed by atoms with Gasteiger partial charge in [0, 0.05) is 17.5 Å². The number of aromatic nitrogens is 1. The molecule has 0 saturated heterocycles. The Morgan fingerprint density at radius 1 is 1.69 bits per heavy atom. The molecule has 0 unspecified atom stereocenters. The fourth-order valence-corrected chi connectivity index (χ4v) is 0.883. The predicted molar refractivity (Wildman–Crippen MR) is 49.7 cm³/mol. The van der Waals surface area contributed by atoms with E-state index in [1.165, 1.54) is 0 Å². The molecule has 2 N–H and O–H groups in total. The van der Waals surface area contributed by atoms with Gasteiger partial charge in [-0.25, -0.2) is 0 Å². The average Bonchev–Trinajstić information content (AvgIpc) is 2.15. The van der Waals surface area contributed by atoms with Crippen LogP contribution in [0.25, 0.3) is 0 Å². The summed E-state index contributed by atoms with van der Waals surface area (Å²) in [5, 5.41) is 0. The molecule has 0 aromatic carbocycles. The number of pyridine rings is 1. The normalized spacial score (nSPS) is 8.69. The predicted octanol–water partition coefficient (Wildman–Crippen LogP) is 0.481. The molecule has 1 rings (SSSR count). The first-order valence-electron chi connectivity index (χ1n) is 3.98. The lowest BCUT2D eigenvalue weighted by Crippen LogP contribution is -2.06. The zero-order valence-electron chi connectivity index (χ0n) is 7.37. The number of nitrogens with zero attached hydrogens (tertiary/aromatic N) is 1. The second-order valence-electron chi connectivity index (χ2n) is 2.50. The highest BCUT2D eigenvalue weighted by molar-refractivity contribution is 5.92. The molecule has 0 radical (unpaired) electrons. The van der Waals surface area contributed by atoms with Crippen LogP contribution in [0.2, 0.25) is 0 Å². The van der Waals surface area contributed by atoms with Crippen LogP contribution in [0.5, 0.6) is 0 Å². The van der Waals surface area contributed by atoms with Gasteiger partial charge >= 0.3 is 0 Å². The van der Waals surface area contributed by atoms with Gasteiger partial charge in [-0.2, -0.15) is 0 Å². The Balaban J connectivity index is 2.91. The van der Waals surface area contributed by atoms with Crippen molar-refractivity contribution in [2.75, 3.05) is 0 Å². The molecule has 0 atom stereocenters. The van der Waals surface area contributed by atoms with Gasteiger partial charge in [0.2, 0.25) is 0 Å². The molecule has 0 aliphatic carbocycles. The van der Waals surface area contributed by atoms with Gasteiger partial charge in [-0.3, -0.25) is 9.78 Å². The summed E-state index contributed by atoms with van der Waals surface area (Å²) in [4.78, 5) is 14.5. The summed E-state index contributed by atoms with van der Waals surface area (Å²) in [7, 11) is 0. The molecule has 1 amide bonds. The van der Waals surface area contributed by atoms with Crippen LogP contribution in [0, 0.1) is 11.8 Å². The van der Waals surface area contributed by atoms with E-state index in [0.29, 0.717) is 0 Å². The number of hydrogen-bond donors (Lipinski definition) is 1. The molecular formula is C10H10N2O. The molecule has 66 valence electrons. The second kappa shape index (κ2) is 4.27. The summed E-state index contributed by atoms with van der Waals surface area (Å²) in [6, 6.07) is 3.59. The highest BCUT2D eigenvalue weighted by Gasteiger charge is 1.91. The molecular weight excluding hydrogens is 164 g/mol. The monoisotopic (exact) mass is 174 g/mol. The third-order valence-electron chi connectivity index (χ3n) is 1.51. The van der Waals surface area contributed by atoms with Gasteiger partial charge in [0.15, 0.2) is 0 Å². The summed E-state index contributed by atoms with van der Waals surface area (Å²) in [5.41, 5.74) is 6.61. The van der Waals surface area contributed by atoms with Crippen molar-refractivity contribution in [3.8, 4) is 11.8 Å². The standard InChI is InChI=1S/C10H10N2O/c1-2-9-7-8(5-6-12-9)3-4-10(11)13/h5-7H,2H2,1H3,(H2,11,13). The first kappa shape index (κ1) is 9.27. The zero-order chi connectivity index (χ0) is 9.68. The van der Waals surface area contributed by atoms with E-state index >= 15 is 0 Å². The molecule has 1 heterocycles. The van der Waals surface area contributed by atoms with Gasteiger partial charge in [0.1, 0.15) is 0 Å². The third kappa shape index (κ3) is 2.96. The van der Waals surface area contributed by atoms with Crippen LogP contribution in [0.3, 0.4) is 0 Å². The zero-order valence-corrected chi connectivity index (χ0v) is 7.37. The Morgan fingerprint density at radius 2 is 2.46 bits per heavy atom. The minimum absolute atomic E-state index is 0.616. The van der Waals surface area contributed by atoms with Gasteiger partial charge in [-0.05, 0) is 24.5 Å². The van der Waals surface area contributed by atoms with Crippen molar-refractivity contribution in [3.05, 3.63) is 29.6 Å². The van der Waals surface area contributed by atoms with Crippen LogP contribution in [-0.4, -0.2) is 10.9 Å².